The van der Waals surface area contributed by atoms with E-state index in [0.717, 1.165) is 13.0 Å². The van der Waals surface area contributed by atoms with Crippen LogP contribution >= 0.6 is 11.8 Å². The topological polar surface area (TPSA) is 12.0 Å². The monoisotopic (exact) mass is 142 g/mol. The second-order valence-corrected chi connectivity index (χ2v) is 3.14. The number of allylic oxidation sites excluding steroid dienone is 1. The molecule has 0 saturated carbocycles. The molecule has 1 N–H and O–H groups in total. The van der Waals surface area contributed by atoms with Crippen LogP contribution in [0.4, 0.5) is 0 Å². The molecule has 9 heavy (non-hydrogen) atoms. The number of unbranched alkanes of at least 4 members (excludes halogenated alkanes) is 1. The van der Waals surface area contributed by atoms with E-state index in [1.807, 2.05) is 11.8 Å². The molecule has 1 rings (SSSR count). The molecule has 1 fully saturated rings. The van der Waals surface area contributed by atoms with E-state index in [0.29, 0.717) is 0 Å². The second kappa shape index (κ2) is 3.83. The Morgan fingerprint density at radius 3 is 3.22 bits per heavy atom. The fourth-order valence-electron chi connectivity index (χ4n) is 0.721. The van der Waals surface area contributed by atoms with Gasteiger partial charge in [-0.3, -0.25) is 0 Å². The molecule has 1 nitrogen and oxygen atoms in total. The third-order valence-corrected chi connectivity index (χ3v) is 2.16. The molecule has 0 spiro atoms. The van der Waals surface area contributed by atoms with E-state index in [9.17, 15) is 0 Å². The molecule has 2 heteroatoms. The van der Waals surface area contributed by atoms with E-state index >= 15 is 0 Å². The van der Waals surface area contributed by atoms with Crippen LogP contribution in [0.3, 0.4) is 0 Å². The lowest BCUT2D eigenvalue weighted by molar-refractivity contribution is 0.892. The van der Waals surface area contributed by atoms with Gasteiger partial charge < -0.3 is 5.32 Å². The average Bonchev–Trinajstić information content (AvgIpc) is 2.34. The fraction of sp³-hybridized carbons (Fsp3) is 0.714. The van der Waals surface area contributed by atoms with E-state index in [1.54, 1.807) is 0 Å². The van der Waals surface area contributed by atoms with Gasteiger partial charge >= 0.3 is 0 Å². The van der Waals surface area contributed by atoms with E-state index in [4.69, 9.17) is 0 Å². The summed E-state index contributed by atoms with van der Waals surface area (Å²) in [6.07, 6.45) is 5.59. The lowest BCUT2D eigenvalue weighted by Gasteiger charge is -1.93. The van der Waals surface area contributed by atoms with Crippen LogP contribution in [0.5, 0.6) is 0 Å². The molecule has 0 aromatic rings. The van der Waals surface area contributed by atoms with Crippen LogP contribution < -0.4 is 5.32 Å². The summed E-state index contributed by atoms with van der Waals surface area (Å²) in [6, 6.07) is 0. The summed E-state index contributed by atoms with van der Waals surface area (Å²) in [4.78, 5) is 0. The molecule has 0 amide bonds. The van der Waals surface area contributed by atoms with Crippen molar-refractivity contribution in [2.45, 2.75) is 19.8 Å². The summed E-state index contributed by atoms with van der Waals surface area (Å²) in [5.74, 6) is 1.21. The first-order chi connectivity index (χ1) is 4.43. The number of rotatable bonds is 2. The van der Waals surface area contributed by atoms with Crippen LogP contribution in [-0.4, -0.2) is 12.3 Å². The van der Waals surface area contributed by atoms with Crippen molar-refractivity contribution >= 4 is 11.8 Å². The molecule has 1 saturated heterocycles. The zero-order chi connectivity index (χ0) is 6.53. The zero-order valence-electron chi connectivity index (χ0n) is 5.74. The Morgan fingerprint density at radius 1 is 1.78 bits per heavy atom. The summed E-state index contributed by atoms with van der Waals surface area (Å²) in [5, 5.41) is 4.52. The Morgan fingerprint density at radius 2 is 2.67 bits per heavy atom. The Balaban J connectivity index is 2.22. The quantitative estimate of drug-likeness (QED) is 0.630. The molecule has 0 unspecified atom stereocenters. The van der Waals surface area contributed by atoms with Crippen LogP contribution in [0.1, 0.15) is 19.8 Å². The van der Waals surface area contributed by atoms with Gasteiger partial charge in [-0.2, -0.15) is 0 Å². The molecule has 0 bridgehead atoms. The number of hydrogen-bond donors (Lipinski definition) is 1. The minimum absolute atomic E-state index is 1.09. The van der Waals surface area contributed by atoms with Crippen molar-refractivity contribution in [1.29, 1.82) is 0 Å². The van der Waals surface area contributed by atoms with Gasteiger partial charge in [0, 0.05) is 12.3 Å². The van der Waals surface area contributed by atoms with Crippen LogP contribution in [0, 0.1) is 6.08 Å². The zero-order valence-corrected chi connectivity index (χ0v) is 6.55. The molecule has 51 valence electrons. The van der Waals surface area contributed by atoms with Crippen molar-refractivity contribution < 1.29 is 0 Å². The highest BCUT2D eigenvalue weighted by Gasteiger charge is 2.03. The standard InChI is InChI=1S/C7H12NS/c1-2-3-4-7-8-5-6-9-7/h8H,2-3,5-6H2,1H3. The van der Waals surface area contributed by atoms with Gasteiger partial charge in [-0.25, -0.2) is 0 Å². The SMILES string of the molecule is CCC/[C]=C1\NCCS1. The van der Waals surface area contributed by atoms with E-state index in [2.05, 4.69) is 18.3 Å². The Kier molecular flexibility index (Phi) is 2.98. The van der Waals surface area contributed by atoms with Crippen molar-refractivity contribution in [3.05, 3.63) is 11.1 Å². The van der Waals surface area contributed by atoms with Gasteiger partial charge in [-0.05, 0) is 12.5 Å². The highest BCUT2D eigenvalue weighted by molar-refractivity contribution is 8.03. The van der Waals surface area contributed by atoms with E-state index in [-0.39, 0.29) is 0 Å². The van der Waals surface area contributed by atoms with Gasteiger partial charge in [0.15, 0.2) is 0 Å². The highest BCUT2D eigenvalue weighted by atomic mass is 32.2. The van der Waals surface area contributed by atoms with Gasteiger partial charge in [-0.1, -0.05) is 13.3 Å². The van der Waals surface area contributed by atoms with Crippen LogP contribution in [-0.2, 0) is 0 Å². The van der Waals surface area contributed by atoms with Gasteiger partial charge in [0.1, 0.15) is 0 Å². The summed E-state index contributed by atoms with van der Waals surface area (Å²) in [6.45, 7) is 3.30. The van der Waals surface area contributed by atoms with Crippen molar-refractivity contribution in [1.82, 2.24) is 5.32 Å². The lowest BCUT2D eigenvalue weighted by Crippen LogP contribution is -2.03. The van der Waals surface area contributed by atoms with Gasteiger partial charge in [0.25, 0.3) is 0 Å². The third-order valence-electron chi connectivity index (χ3n) is 1.17. The molecule has 1 heterocycles. The smallest absolute Gasteiger partial charge is 0.0718 e. The predicted molar refractivity (Wildman–Crippen MR) is 42.1 cm³/mol. The normalized spacial score (nSPS) is 22.6. The molecule has 0 aliphatic carbocycles. The minimum atomic E-state index is 1.09. The van der Waals surface area contributed by atoms with E-state index < -0.39 is 0 Å². The van der Waals surface area contributed by atoms with Gasteiger partial charge in [0.2, 0.25) is 0 Å². The molecule has 0 atom stereocenters. The largest absolute Gasteiger partial charge is 0.379 e. The second-order valence-electron chi connectivity index (χ2n) is 2.03. The first-order valence-electron chi connectivity index (χ1n) is 3.41. The van der Waals surface area contributed by atoms with Gasteiger partial charge in [-0.15, -0.1) is 11.8 Å². The molecular weight excluding hydrogens is 130 g/mol. The molecule has 1 radical (unpaired) electrons. The van der Waals surface area contributed by atoms with Crippen molar-refractivity contribution in [2.75, 3.05) is 12.3 Å². The van der Waals surface area contributed by atoms with Crippen molar-refractivity contribution in [2.24, 2.45) is 0 Å². The Hall–Kier alpha value is -0.110. The first kappa shape index (κ1) is 7.00. The van der Waals surface area contributed by atoms with E-state index in [1.165, 1.54) is 17.2 Å². The highest BCUT2D eigenvalue weighted by Crippen LogP contribution is 2.17. The average molecular weight is 142 g/mol. The Bertz CT molecular complexity index is 101. The van der Waals surface area contributed by atoms with Crippen LogP contribution in [0.2, 0.25) is 0 Å². The molecule has 1 aliphatic rings. The summed E-state index contributed by atoms with van der Waals surface area (Å²) >= 11 is 1.88. The summed E-state index contributed by atoms with van der Waals surface area (Å²) < 4.78 is 0. The summed E-state index contributed by atoms with van der Waals surface area (Å²) in [5.41, 5.74) is 0. The third kappa shape index (κ3) is 2.31. The van der Waals surface area contributed by atoms with Gasteiger partial charge in [0.05, 0.1) is 5.03 Å². The maximum absolute atomic E-state index is 3.30. The summed E-state index contributed by atoms with van der Waals surface area (Å²) in [7, 11) is 0. The number of thioether (sulfide) groups is 1. The maximum Gasteiger partial charge on any atom is 0.0718 e. The minimum Gasteiger partial charge on any atom is -0.379 e. The number of hydrogen-bond acceptors (Lipinski definition) is 2. The number of nitrogens with one attached hydrogen (secondary N) is 1. The van der Waals surface area contributed by atoms with Crippen molar-refractivity contribution in [3.63, 3.8) is 0 Å². The molecule has 0 aromatic heterocycles. The van der Waals surface area contributed by atoms with Crippen LogP contribution in [0.15, 0.2) is 5.03 Å². The van der Waals surface area contributed by atoms with Crippen LogP contribution in [0.25, 0.3) is 0 Å². The first-order valence-corrected chi connectivity index (χ1v) is 4.39. The lowest BCUT2D eigenvalue weighted by atomic mass is 10.3. The Labute approximate surface area is 60.9 Å². The fourth-order valence-corrected chi connectivity index (χ4v) is 1.54. The molecular formula is C7H12NS. The molecule has 0 aromatic carbocycles. The predicted octanol–water partition coefficient (Wildman–Crippen LogP) is 1.77. The van der Waals surface area contributed by atoms with Crippen molar-refractivity contribution in [3.8, 4) is 0 Å². The maximum atomic E-state index is 3.30. The molecule has 1 aliphatic heterocycles.